The maximum Gasteiger partial charge on any atom is 0.213 e. The van der Waals surface area contributed by atoms with E-state index in [0.717, 1.165) is 0 Å². The van der Waals surface area contributed by atoms with E-state index in [9.17, 15) is 4.39 Å². The van der Waals surface area contributed by atoms with E-state index in [0.29, 0.717) is 5.75 Å². The van der Waals surface area contributed by atoms with Crippen LogP contribution in [0.3, 0.4) is 0 Å². The number of pyridine rings is 1. The van der Waals surface area contributed by atoms with Crippen LogP contribution in [0.15, 0.2) is 18.3 Å². The standard InChI is InChI=1S/C8H6FNO/c1-2-5-11-7-3-4-8(9)10-6-7/h1,3-4,6H,5H2. The molecule has 0 spiro atoms. The summed E-state index contributed by atoms with van der Waals surface area (Å²) in [6.07, 6.45) is 6.22. The molecule has 0 aliphatic carbocycles. The lowest BCUT2D eigenvalue weighted by Gasteiger charge is -1.98. The lowest BCUT2D eigenvalue weighted by molar-refractivity contribution is 0.367. The number of hydrogen-bond donors (Lipinski definition) is 0. The molecule has 0 saturated carbocycles. The fourth-order valence-electron chi connectivity index (χ4n) is 0.573. The lowest BCUT2D eigenvalue weighted by Crippen LogP contribution is -1.94. The normalized spacial score (nSPS) is 8.73. The van der Waals surface area contributed by atoms with Gasteiger partial charge in [0.05, 0.1) is 6.20 Å². The van der Waals surface area contributed by atoms with Gasteiger partial charge in [0.1, 0.15) is 12.4 Å². The highest BCUT2D eigenvalue weighted by atomic mass is 19.1. The Morgan fingerprint density at radius 3 is 3.00 bits per heavy atom. The first-order valence-corrected chi connectivity index (χ1v) is 3.01. The molecule has 0 radical (unpaired) electrons. The maximum atomic E-state index is 12.2. The summed E-state index contributed by atoms with van der Waals surface area (Å²) in [6, 6.07) is 2.69. The summed E-state index contributed by atoms with van der Waals surface area (Å²) in [5, 5.41) is 0. The van der Waals surface area contributed by atoms with Gasteiger partial charge in [0.15, 0.2) is 0 Å². The number of nitrogens with zero attached hydrogens (tertiary/aromatic N) is 1. The Morgan fingerprint density at radius 2 is 2.45 bits per heavy atom. The lowest BCUT2D eigenvalue weighted by atomic mass is 10.4. The van der Waals surface area contributed by atoms with E-state index in [4.69, 9.17) is 11.2 Å². The SMILES string of the molecule is C#CCOc1ccc(F)nc1. The maximum absolute atomic E-state index is 12.2. The third kappa shape index (κ3) is 2.26. The van der Waals surface area contributed by atoms with Crippen molar-refractivity contribution in [2.75, 3.05) is 6.61 Å². The number of rotatable bonds is 2. The summed E-state index contributed by atoms with van der Waals surface area (Å²) in [6.45, 7) is 0.174. The zero-order chi connectivity index (χ0) is 8.10. The van der Waals surface area contributed by atoms with Gasteiger partial charge >= 0.3 is 0 Å². The summed E-state index contributed by atoms with van der Waals surface area (Å²) in [4.78, 5) is 3.37. The van der Waals surface area contributed by atoms with Crippen LogP contribution in [0, 0.1) is 18.3 Å². The van der Waals surface area contributed by atoms with Gasteiger partial charge in [-0.1, -0.05) is 5.92 Å². The van der Waals surface area contributed by atoms with Crippen LogP contribution in [0.2, 0.25) is 0 Å². The van der Waals surface area contributed by atoms with Crippen LogP contribution in [-0.4, -0.2) is 11.6 Å². The highest BCUT2D eigenvalue weighted by molar-refractivity contribution is 5.16. The van der Waals surface area contributed by atoms with Crippen LogP contribution in [0.1, 0.15) is 0 Å². The first-order chi connectivity index (χ1) is 5.33. The molecule has 1 rings (SSSR count). The van der Waals surface area contributed by atoms with Gasteiger partial charge < -0.3 is 4.74 Å². The number of halogens is 1. The van der Waals surface area contributed by atoms with Gasteiger partial charge in [-0.2, -0.15) is 4.39 Å². The van der Waals surface area contributed by atoms with Crippen molar-refractivity contribution in [2.24, 2.45) is 0 Å². The molecule has 0 fully saturated rings. The van der Waals surface area contributed by atoms with Crippen molar-refractivity contribution < 1.29 is 9.13 Å². The summed E-state index contributed by atoms with van der Waals surface area (Å²) in [7, 11) is 0. The summed E-state index contributed by atoms with van der Waals surface area (Å²) < 4.78 is 17.1. The van der Waals surface area contributed by atoms with Gasteiger partial charge in [-0.25, -0.2) is 4.98 Å². The van der Waals surface area contributed by atoms with Crippen molar-refractivity contribution in [2.45, 2.75) is 0 Å². The van der Waals surface area contributed by atoms with E-state index < -0.39 is 5.95 Å². The second-order valence-corrected chi connectivity index (χ2v) is 1.81. The fourth-order valence-corrected chi connectivity index (χ4v) is 0.573. The monoisotopic (exact) mass is 151 g/mol. The van der Waals surface area contributed by atoms with Gasteiger partial charge in [0, 0.05) is 0 Å². The smallest absolute Gasteiger partial charge is 0.213 e. The largest absolute Gasteiger partial charge is 0.479 e. The van der Waals surface area contributed by atoms with Crippen molar-refractivity contribution in [1.82, 2.24) is 4.98 Å². The average Bonchev–Trinajstić information content (AvgIpc) is 2.04. The van der Waals surface area contributed by atoms with Gasteiger partial charge in [-0.3, -0.25) is 0 Å². The van der Waals surface area contributed by atoms with Crippen molar-refractivity contribution in [3.05, 3.63) is 24.3 Å². The van der Waals surface area contributed by atoms with Crippen molar-refractivity contribution in [3.63, 3.8) is 0 Å². The molecule has 0 unspecified atom stereocenters. The first-order valence-electron chi connectivity index (χ1n) is 3.01. The minimum Gasteiger partial charge on any atom is -0.479 e. The highest BCUT2D eigenvalue weighted by Gasteiger charge is 1.92. The number of hydrogen-bond acceptors (Lipinski definition) is 2. The van der Waals surface area contributed by atoms with Crippen LogP contribution < -0.4 is 4.74 Å². The van der Waals surface area contributed by atoms with Gasteiger partial charge in [-0.15, -0.1) is 6.42 Å². The van der Waals surface area contributed by atoms with Gasteiger partial charge in [-0.05, 0) is 12.1 Å². The topological polar surface area (TPSA) is 22.1 Å². The predicted octanol–water partition coefficient (Wildman–Crippen LogP) is 1.23. The Morgan fingerprint density at radius 1 is 1.64 bits per heavy atom. The minimum absolute atomic E-state index is 0.174. The highest BCUT2D eigenvalue weighted by Crippen LogP contribution is 2.07. The Labute approximate surface area is 64.0 Å². The summed E-state index contributed by atoms with van der Waals surface area (Å²) >= 11 is 0. The third-order valence-electron chi connectivity index (χ3n) is 1.02. The van der Waals surface area contributed by atoms with Crippen molar-refractivity contribution >= 4 is 0 Å². The van der Waals surface area contributed by atoms with E-state index >= 15 is 0 Å². The van der Waals surface area contributed by atoms with Gasteiger partial charge in [0.2, 0.25) is 5.95 Å². The number of ether oxygens (including phenoxy) is 1. The molecule has 11 heavy (non-hydrogen) atoms. The number of aromatic nitrogens is 1. The number of terminal acetylenes is 1. The van der Waals surface area contributed by atoms with Crippen LogP contribution in [0.4, 0.5) is 4.39 Å². The summed E-state index contributed by atoms with van der Waals surface area (Å²) in [5.41, 5.74) is 0. The molecule has 0 N–H and O–H groups in total. The molecule has 0 amide bonds. The Hall–Kier alpha value is -1.56. The van der Waals surface area contributed by atoms with Crippen LogP contribution >= 0.6 is 0 Å². The van der Waals surface area contributed by atoms with E-state index in [-0.39, 0.29) is 6.61 Å². The zero-order valence-corrected chi connectivity index (χ0v) is 5.75. The Bertz CT molecular complexity index is 262. The molecule has 0 aliphatic rings. The molecular formula is C8H6FNO. The predicted molar refractivity (Wildman–Crippen MR) is 38.5 cm³/mol. The zero-order valence-electron chi connectivity index (χ0n) is 5.75. The molecule has 1 aromatic heterocycles. The fraction of sp³-hybridized carbons (Fsp3) is 0.125. The molecule has 0 bridgehead atoms. The average molecular weight is 151 g/mol. The van der Waals surface area contributed by atoms with Crippen molar-refractivity contribution in [3.8, 4) is 18.1 Å². The molecular weight excluding hydrogens is 145 g/mol. The molecule has 0 saturated heterocycles. The molecule has 56 valence electrons. The molecule has 3 heteroatoms. The first kappa shape index (κ1) is 7.55. The van der Waals surface area contributed by atoms with E-state index in [1.165, 1.54) is 18.3 Å². The molecule has 2 nitrogen and oxygen atoms in total. The second kappa shape index (κ2) is 3.57. The quantitative estimate of drug-likeness (QED) is 0.468. The molecule has 1 aromatic rings. The van der Waals surface area contributed by atoms with Crippen LogP contribution in [0.5, 0.6) is 5.75 Å². The molecule has 0 atom stereocenters. The van der Waals surface area contributed by atoms with Crippen LogP contribution in [-0.2, 0) is 0 Å². The minimum atomic E-state index is -0.530. The molecule has 0 aliphatic heterocycles. The Balaban J connectivity index is 2.60. The molecule has 1 heterocycles. The van der Waals surface area contributed by atoms with Gasteiger partial charge in [0.25, 0.3) is 0 Å². The van der Waals surface area contributed by atoms with Crippen molar-refractivity contribution in [1.29, 1.82) is 0 Å². The van der Waals surface area contributed by atoms with Crippen LogP contribution in [0.25, 0.3) is 0 Å². The summed E-state index contributed by atoms with van der Waals surface area (Å²) in [5.74, 6) is 2.23. The van der Waals surface area contributed by atoms with E-state index in [1.54, 1.807) is 0 Å². The van der Waals surface area contributed by atoms with E-state index in [2.05, 4.69) is 10.9 Å². The Kier molecular flexibility index (Phi) is 2.45. The second-order valence-electron chi connectivity index (χ2n) is 1.81. The third-order valence-corrected chi connectivity index (χ3v) is 1.02. The van der Waals surface area contributed by atoms with E-state index in [1.807, 2.05) is 0 Å². The molecule has 0 aromatic carbocycles.